The molecule has 0 amide bonds. The molecule has 2 unspecified atom stereocenters. The van der Waals surface area contributed by atoms with Crippen LogP contribution in [0.5, 0.6) is 0 Å². The Kier molecular flexibility index (Phi) is 8.75. The zero-order valence-corrected chi connectivity index (χ0v) is 24.6. The van der Waals surface area contributed by atoms with E-state index in [0.717, 1.165) is 32.1 Å². The Bertz CT molecular complexity index is 1120. The van der Waals surface area contributed by atoms with Gasteiger partial charge in [0.05, 0.1) is 18.3 Å². The highest BCUT2D eigenvalue weighted by atomic mass is 28.4. The van der Waals surface area contributed by atoms with E-state index in [0.29, 0.717) is 6.42 Å². The van der Waals surface area contributed by atoms with E-state index in [9.17, 15) is 10.2 Å². The van der Waals surface area contributed by atoms with Crippen LogP contribution in [0.15, 0.2) is 91.0 Å². The van der Waals surface area contributed by atoms with Crippen LogP contribution in [0.1, 0.15) is 58.4 Å². The molecule has 0 radical (unpaired) electrons. The summed E-state index contributed by atoms with van der Waals surface area (Å²) in [5.74, 6) is 0.490. The smallest absolute Gasteiger partial charge is 0.261 e. The fourth-order valence-electron chi connectivity index (χ4n) is 7.06. The average Bonchev–Trinajstić information content (AvgIpc) is 3.45. The minimum absolute atomic E-state index is 0.00896. The number of aliphatic hydroxyl groups excluding tert-OH is 2. The lowest BCUT2D eigenvalue weighted by Gasteiger charge is -2.46. The monoisotopic (exact) mass is 544 g/mol. The van der Waals surface area contributed by atoms with Crippen LogP contribution in [0.2, 0.25) is 5.04 Å². The third-order valence-corrected chi connectivity index (χ3v) is 14.0. The number of benzene rings is 3. The van der Waals surface area contributed by atoms with E-state index in [-0.39, 0.29) is 35.2 Å². The summed E-state index contributed by atoms with van der Waals surface area (Å²) in [4.78, 5) is 0. The topological polar surface area (TPSA) is 58.9 Å². The van der Waals surface area contributed by atoms with E-state index in [1.54, 1.807) is 0 Å². The quantitative estimate of drug-likeness (QED) is 0.333. The first-order valence-corrected chi connectivity index (χ1v) is 16.5. The number of hydrogen-bond acceptors (Lipinski definition) is 4. The van der Waals surface area contributed by atoms with Crippen molar-refractivity contribution in [1.29, 1.82) is 0 Å². The number of rotatable bonds is 10. The predicted octanol–water partition coefficient (Wildman–Crippen LogP) is 5.45. The fourth-order valence-corrected chi connectivity index (χ4v) is 11.8. The molecule has 0 spiro atoms. The predicted molar refractivity (Wildman–Crippen MR) is 160 cm³/mol. The van der Waals surface area contributed by atoms with Gasteiger partial charge in [0.1, 0.15) is 0 Å². The lowest BCUT2D eigenvalue weighted by molar-refractivity contribution is -0.0946. The Balaban J connectivity index is 1.41. The van der Waals surface area contributed by atoms with E-state index < -0.39 is 14.6 Å². The molecule has 5 rings (SSSR count). The number of ether oxygens (including phenoxy) is 1. The molecule has 2 N–H and O–H groups in total. The van der Waals surface area contributed by atoms with Crippen molar-refractivity contribution in [3.63, 3.8) is 0 Å². The molecular weight excluding hydrogens is 500 g/mol. The molecule has 39 heavy (non-hydrogen) atoms. The highest BCUT2D eigenvalue weighted by Gasteiger charge is 2.56. The minimum atomic E-state index is -2.72. The van der Waals surface area contributed by atoms with Crippen molar-refractivity contribution in [1.82, 2.24) is 0 Å². The molecule has 5 heteroatoms. The van der Waals surface area contributed by atoms with Gasteiger partial charge in [0.2, 0.25) is 0 Å². The maximum Gasteiger partial charge on any atom is 0.261 e. The summed E-state index contributed by atoms with van der Waals surface area (Å²) < 4.78 is 13.6. The summed E-state index contributed by atoms with van der Waals surface area (Å²) in [6.07, 6.45) is 3.65. The van der Waals surface area contributed by atoms with Gasteiger partial charge < -0.3 is 19.4 Å². The molecule has 1 heterocycles. The lowest BCUT2D eigenvalue weighted by atomic mass is 9.86. The normalized spacial score (nSPS) is 25.9. The van der Waals surface area contributed by atoms with Crippen molar-refractivity contribution in [3.05, 3.63) is 96.6 Å². The van der Waals surface area contributed by atoms with E-state index >= 15 is 0 Å². The average molecular weight is 545 g/mol. The number of aryl methyl sites for hydroxylation is 1. The molecule has 3 aromatic rings. The van der Waals surface area contributed by atoms with Gasteiger partial charge in [0, 0.05) is 6.42 Å². The second-order valence-electron chi connectivity index (χ2n) is 12.5. The van der Waals surface area contributed by atoms with Gasteiger partial charge in [-0.25, -0.2) is 0 Å². The number of aliphatic hydroxyl groups is 2. The second-order valence-corrected chi connectivity index (χ2v) is 16.8. The van der Waals surface area contributed by atoms with Gasteiger partial charge >= 0.3 is 0 Å². The maximum absolute atomic E-state index is 11.0. The van der Waals surface area contributed by atoms with Crippen molar-refractivity contribution in [3.8, 4) is 0 Å². The second kappa shape index (κ2) is 12.1. The van der Waals surface area contributed by atoms with Crippen LogP contribution in [-0.4, -0.2) is 43.1 Å². The Morgan fingerprint density at radius 1 is 0.846 bits per heavy atom. The molecule has 3 aromatic carbocycles. The zero-order chi connectivity index (χ0) is 27.5. The van der Waals surface area contributed by atoms with Gasteiger partial charge in [-0.2, -0.15) is 0 Å². The van der Waals surface area contributed by atoms with Crippen LogP contribution in [0.25, 0.3) is 0 Å². The van der Waals surface area contributed by atoms with Crippen LogP contribution in [0.4, 0.5) is 0 Å². The van der Waals surface area contributed by atoms with Gasteiger partial charge in [-0.05, 0) is 64.9 Å². The summed E-state index contributed by atoms with van der Waals surface area (Å²) in [7, 11) is -2.72. The summed E-state index contributed by atoms with van der Waals surface area (Å²) in [6, 6.07) is 32.0. The van der Waals surface area contributed by atoms with E-state index in [4.69, 9.17) is 9.16 Å². The molecule has 6 atom stereocenters. The van der Waals surface area contributed by atoms with Gasteiger partial charge in [-0.1, -0.05) is 112 Å². The molecule has 1 aliphatic heterocycles. The van der Waals surface area contributed by atoms with E-state index in [2.05, 4.69) is 106 Å². The number of hydrogen-bond donors (Lipinski definition) is 2. The van der Waals surface area contributed by atoms with Crippen LogP contribution in [0, 0.1) is 11.8 Å². The highest BCUT2D eigenvalue weighted by Crippen LogP contribution is 2.49. The summed E-state index contributed by atoms with van der Waals surface area (Å²) in [5.41, 5.74) is 1.26. The van der Waals surface area contributed by atoms with E-state index in [1.807, 2.05) is 6.07 Å². The Morgan fingerprint density at radius 3 is 1.97 bits per heavy atom. The molecule has 0 aromatic heterocycles. The SMILES string of the molecule is CC(C)(C)[Si](O[C@@H]1C[C@@H]2OC(O)C[C@@H]2[C@H]1CCC(O)CCc1ccccc1)(c1ccccc1)c1ccccc1. The Hall–Kier alpha value is -2.28. The van der Waals surface area contributed by atoms with Crippen molar-refractivity contribution in [2.75, 3.05) is 0 Å². The fraction of sp³-hybridized carbons (Fsp3) is 0.471. The first-order chi connectivity index (χ1) is 18.8. The first-order valence-electron chi connectivity index (χ1n) is 14.6. The molecule has 1 saturated heterocycles. The van der Waals surface area contributed by atoms with Gasteiger partial charge in [0.25, 0.3) is 8.32 Å². The lowest BCUT2D eigenvalue weighted by Crippen LogP contribution is -2.68. The molecule has 208 valence electrons. The molecule has 4 nitrogen and oxygen atoms in total. The third kappa shape index (κ3) is 6.08. The molecule has 0 bridgehead atoms. The van der Waals surface area contributed by atoms with Crippen molar-refractivity contribution in [2.45, 2.75) is 88.9 Å². The third-order valence-electron chi connectivity index (χ3n) is 8.96. The molecule has 2 fully saturated rings. The van der Waals surface area contributed by atoms with Crippen LogP contribution >= 0.6 is 0 Å². The van der Waals surface area contributed by atoms with Crippen LogP contribution in [0.3, 0.4) is 0 Å². The molecule has 1 saturated carbocycles. The Labute approximate surface area is 235 Å². The summed E-state index contributed by atoms with van der Waals surface area (Å²) >= 11 is 0. The largest absolute Gasteiger partial charge is 0.404 e. The van der Waals surface area contributed by atoms with E-state index in [1.165, 1.54) is 15.9 Å². The van der Waals surface area contributed by atoms with Gasteiger partial charge in [-0.3, -0.25) is 0 Å². The number of fused-ring (bicyclic) bond motifs is 1. The van der Waals surface area contributed by atoms with Crippen LogP contribution < -0.4 is 10.4 Å². The van der Waals surface area contributed by atoms with Crippen molar-refractivity contribution in [2.24, 2.45) is 11.8 Å². The Morgan fingerprint density at radius 2 is 1.41 bits per heavy atom. The zero-order valence-electron chi connectivity index (χ0n) is 23.6. The van der Waals surface area contributed by atoms with Crippen molar-refractivity contribution < 1.29 is 19.4 Å². The standard InChI is InChI=1S/C34H44O4Si/c1-34(2,3)39(27-15-9-5-10-16-27,28-17-11-6-12-18-28)38-32-24-31-30(23-33(36)37-31)29(32)22-21-26(35)20-19-25-13-7-4-8-14-25/h4-18,26,29-33,35-36H,19-24H2,1-3H3/t26?,29-,30-,31+,32-,33?/m1/s1. The van der Waals surface area contributed by atoms with Gasteiger partial charge in [-0.15, -0.1) is 0 Å². The summed E-state index contributed by atoms with van der Waals surface area (Å²) in [5, 5.41) is 23.8. The maximum atomic E-state index is 11.0. The molecule has 1 aliphatic carbocycles. The highest BCUT2D eigenvalue weighted by molar-refractivity contribution is 6.99. The van der Waals surface area contributed by atoms with Gasteiger partial charge in [0.15, 0.2) is 6.29 Å². The van der Waals surface area contributed by atoms with Crippen LogP contribution in [-0.2, 0) is 15.6 Å². The minimum Gasteiger partial charge on any atom is -0.404 e. The summed E-state index contributed by atoms with van der Waals surface area (Å²) in [6.45, 7) is 6.95. The first kappa shape index (κ1) is 28.3. The molecular formula is C34H44O4Si. The molecule has 2 aliphatic rings. The van der Waals surface area contributed by atoms with Crippen molar-refractivity contribution >= 4 is 18.7 Å².